The average molecular weight is 208 g/mol. The molecule has 0 fully saturated rings. The summed E-state index contributed by atoms with van der Waals surface area (Å²) in [7, 11) is 0. The molecule has 2 nitrogen and oxygen atoms in total. The molecular weight excluding hydrogens is 198 g/mol. The second-order valence-corrected chi connectivity index (χ2v) is 3.46. The minimum absolute atomic E-state index is 0.449. The molecule has 78 valence electrons. The van der Waals surface area contributed by atoms with E-state index in [1.807, 2.05) is 13.1 Å². The van der Waals surface area contributed by atoms with Crippen LogP contribution in [0.1, 0.15) is 11.1 Å². The first-order valence-electron chi connectivity index (χ1n) is 4.58. The van der Waals surface area contributed by atoms with E-state index in [1.165, 1.54) is 6.07 Å². The van der Waals surface area contributed by atoms with E-state index in [0.29, 0.717) is 12.1 Å². The Morgan fingerprint density at radius 3 is 2.67 bits per heavy atom. The number of benzene rings is 1. The third kappa shape index (κ3) is 2.21. The Labute approximate surface area is 86.2 Å². The normalized spacial score (nSPS) is 10.6. The van der Waals surface area contributed by atoms with Gasteiger partial charge in [-0.3, -0.25) is 4.68 Å². The minimum Gasteiger partial charge on any atom is -0.268 e. The zero-order chi connectivity index (χ0) is 10.8. The summed E-state index contributed by atoms with van der Waals surface area (Å²) in [5, 5.41) is 4.06. The molecule has 0 radical (unpaired) electrons. The number of hydrogen-bond donors (Lipinski definition) is 0. The second-order valence-electron chi connectivity index (χ2n) is 3.46. The molecule has 0 unspecified atom stereocenters. The van der Waals surface area contributed by atoms with Gasteiger partial charge in [-0.05, 0) is 30.2 Å². The van der Waals surface area contributed by atoms with E-state index in [2.05, 4.69) is 5.10 Å². The number of hydrogen-bond acceptors (Lipinski definition) is 1. The van der Waals surface area contributed by atoms with Crippen LogP contribution < -0.4 is 0 Å². The quantitative estimate of drug-likeness (QED) is 0.741. The van der Waals surface area contributed by atoms with Gasteiger partial charge in [0.1, 0.15) is 0 Å². The van der Waals surface area contributed by atoms with Gasteiger partial charge < -0.3 is 0 Å². The van der Waals surface area contributed by atoms with E-state index in [9.17, 15) is 8.78 Å². The lowest BCUT2D eigenvalue weighted by molar-refractivity contribution is 0.506. The first-order valence-corrected chi connectivity index (χ1v) is 4.58. The summed E-state index contributed by atoms with van der Waals surface area (Å²) in [6.07, 6.45) is 3.57. The lowest BCUT2D eigenvalue weighted by Gasteiger charge is -2.02. The van der Waals surface area contributed by atoms with Crippen molar-refractivity contribution in [3.05, 3.63) is 53.4 Å². The Balaban J connectivity index is 2.21. The van der Waals surface area contributed by atoms with E-state index in [4.69, 9.17) is 0 Å². The van der Waals surface area contributed by atoms with Crippen LogP contribution in [0.15, 0.2) is 30.6 Å². The van der Waals surface area contributed by atoms with Gasteiger partial charge in [-0.1, -0.05) is 6.07 Å². The first-order chi connectivity index (χ1) is 7.15. The van der Waals surface area contributed by atoms with Crippen LogP contribution in [0, 0.1) is 18.6 Å². The van der Waals surface area contributed by atoms with Crippen LogP contribution in [0.2, 0.25) is 0 Å². The predicted molar refractivity (Wildman–Crippen MR) is 52.4 cm³/mol. The molecule has 1 aromatic carbocycles. The Morgan fingerprint density at radius 2 is 2.07 bits per heavy atom. The van der Waals surface area contributed by atoms with Crippen molar-refractivity contribution in [3.8, 4) is 0 Å². The van der Waals surface area contributed by atoms with Crippen molar-refractivity contribution < 1.29 is 8.78 Å². The van der Waals surface area contributed by atoms with E-state index in [0.717, 1.165) is 11.6 Å². The van der Waals surface area contributed by atoms with E-state index in [-0.39, 0.29) is 0 Å². The van der Waals surface area contributed by atoms with Gasteiger partial charge in [0.25, 0.3) is 0 Å². The maximum atomic E-state index is 12.9. The van der Waals surface area contributed by atoms with Gasteiger partial charge in [-0.15, -0.1) is 0 Å². The van der Waals surface area contributed by atoms with Gasteiger partial charge in [0.2, 0.25) is 0 Å². The van der Waals surface area contributed by atoms with E-state index >= 15 is 0 Å². The molecule has 2 rings (SSSR count). The largest absolute Gasteiger partial charge is 0.268 e. The molecule has 4 heteroatoms. The summed E-state index contributed by atoms with van der Waals surface area (Å²) >= 11 is 0. The number of aromatic nitrogens is 2. The third-order valence-electron chi connectivity index (χ3n) is 2.09. The van der Waals surface area contributed by atoms with E-state index in [1.54, 1.807) is 16.9 Å². The van der Waals surface area contributed by atoms with Crippen molar-refractivity contribution in [2.75, 3.05) is 0 Å². The molecule has 0 aliphatic rings. The van der Waals surface area contributed by atoms with Crippen molar-refractivity contribution in [2.24, 2.45) is 0 Å². The number of nitrogens with zero attached hydrogens (tertiary/aromatic N) is 2. The summed E-state index contributed by atoms with van der Waals surface area (Å²) in [6, 6.07) is 3.86. The van der Waals surface area contributed by atoms with Gasteiger partial charge >= 0.3 is 0 Å². The molecule has 2 aromatic rings. The molecule has 0 amide bonds. The SMILES string of the molecule is Cc1cnn(Cc2ccc(F)c(F)c2)c1. The third-order valence-corrected chi connectivity index (χ3v) is 2.09. The van der Waals surface area contributed by atoms with Crippen molar-refractivity contribution in [3.63, 3.8) is 0 Å². The standard InChI is InChI=1S/C11H10F2N2/c1-8-5-14-15(6-8)7-9-2-3-10(12)11(13)4-9/h2-6H,7H2,1H3. The predicted octanol–water partition coefficient (Wildman–Crippen LogP) is 2.52. The summed E-state index contributed by atoms with van der Waals surface area (Å²) in [4.78, 5) is 0. The highest BCUT2D eigenvalue weighted by atomic mass is 19.2. The number of halogens is 2. The monoisotopic (exact) mass is 208 g/mol. The number of aryl methyl sites for hydroxylation is 1. The number of rotatable bonds is 2. The van der Waals surface area contributed by atoms with Crippen molar-refractivity contribution in [1.29, 1.82) is 0 Å². The molecule has 1 heterocycles. The molecule has 1 aromatic heterocycles. The van der Waals surface area contributed by atoms with Crippen molar-refractivity contribution in [2.45, 2.75) is 13.5 Å². The van der Waals surface area contributed by atoms with Crippen molar-refractivity contribution in [1.82, 2.24) is 9.78 Å². The summed E-state index contributed by atoms with van der Waals surface area (Å²) in [5.41, 5.74) is 1.73. The zero-order valence-corrected chi connectivity index (χ0v) is 8.24. The Hall–Kier alpha value is -1.71. The smallest absolute Gasteiger partial charge is 0.159 e. The fourth-order valence-electron chi connectivity index (χ4n) is 1.38. The van der Waals surface area contributed by atoms with Crippen LogP contribution in [0.5, 0.6) is 0 Å². The second kappa shape index (κ2) is 3.81. The highest BCUT2D eigenvalue weighted by Gasteiger charge is 2.03. The molecule has 0 atom stereocenters. The highest BCUT2D eigenvalue weighted by molar-refractivity contribution is 5.18. The molecule has 0 saturated carbocycles. The maximum Gasteiger partial charge on any atom is 0.159 e. The molecule has 15 heavy (non-hydrogen) atoms. The van der Waals surface area contributed by atoms with Crippen LogP contribution in [0.3, 0.4) is 0 Å². The zero-order valence-electron chi connectivity index (χ0n) is 8.24. The fourth-order valence-corrected chi connectivity index (χ4v) is 1.38. The van der Waals surface area contributed by atoms with Gasteiger partial charge in [0.15, 0.2) is 11.6 Å². The van der Waals surface area contributed by atoms with Gasteiger partial charge in [0, 0.05) is 6.20 Å². The molecule has 0 saturated heterocycles. The van der Waals surface area contributed by atoms with Crippen LogP contribution in [-0.2, 0) is 6.54 Å². The van der Waals surface area contributed by atoms with Crippen LogP contribution in [-0.4, -0.2) is 9.78 Å². The van der Waals surface area contributed by atoms with Gasteiger partial charge in [-0.2, -0.15) is 5.10 Å². The maximum absolute atomic E-state index is 12.9. The lowest BCUT2D eigenvalue weighted by Crippen LogP contribution is -2.00. The fraction of sp³-hybridized carbons (Fsp3) is 0.182. The Bertz CT molecular complexity index is 477. The topological polar surface area (TPSA) is 17.8 Å². The van der Waals surface area contributed by atoms with Crippen LogP contribution in [0.25, 0.3) is 0 Å². The minimum atomic E-state index is -0.824. The molecule has 0 aliphatic heterocycles. The molecule has 0 aliphatic carbocycles. The summed E-state index contributed by atoms with van der Waals surface area (Å²) in [6.45, 7) is 2.37. The first kappa shape index (κ1) is 9.83. The highest BCUT2D eigenvalue weighted by Crippen LogP contribution is 2.10. The van der Waals surface area contributed by atoms with Crippen LogP contribution >= 0.6 is 0 Å². The Kier molecular flexibility index (Phi) is 2.49. The summed E-state index contributed by atoms with van der Waals surface area (Å²) < 4.78 is 27.2. The summed E-state index contributed by atoms with van der Waals surface area (Å²) in [5.74, 6) is -1.65. The average Bonchev–Trinajstić information content (AvgIpc) is 2.58. The molecule has 0 bridgehead atoms. The lowest BCUT2D eigenvalue weighted by atomic mass is 10.2. The molecule has 0 N–H and O–H groups in total. The van der Waals surface area contributed by atoms with Gasteiger partial charge in [0.05, 0.1) is 12.7 Å². The Morgan fingerprint density at radius 1 is 1.27 bits per heavy atom. The van der Waals surface area contributed by atoms with Gasteiger partial charge in [-0.25, -0.2) is 8.78 Å². The molecular formula is C11H10F2N2. The van der Waals surface area contributed by atoms with Crippen LogP contribution in [0.4, 0.5) is 8.78 Å². The van der Waals surface area contributed by atoms with Crippen molar-refractivity contribution >= 4 is 0 Å². The van der Waals surface area contributed by atoms with E-state index < -0.39 is 11.6 Å². The molecule has 0 spiro atoms.